The Bertz CT molecular complexity index is 442. The molecule has 4 heteroatoms. The molecule has 0 saturated carbocycles. The molecule has 1 saturated heterocycles. The predicted molar refractivity (Wildman–Crippen MR) is 83.1 cm³/mol. The summed E-state index contributed by atoms with van der Waals surface area (Å²) >= 11 is 0. The third-order valence-corrected chi connectivity index (χ3v) is 4.11. The Balaban J connectivity index is 2.39. The number of methoxy groups -OCH3 is 2. The fraction of sp³-hybridized carbons (Fsp3) is 0.625. The average molecular weight is 278 g/mol. The maximum atomic E-state index is 5.68. The molecule has 4 nitrogen and oxygen atoms in total. The van der Waals surface area contributed by atoms with Crippen molar-refractivity contribution in [3.05, 3.63) is 17.7 Å². The highest BCUT2D eigenvalue weighted by Gasteiger charge is 2.21. The van der Waals surface area contributed by atoms with E-state index in [4.69, 9.17) is 15.2 Å². The van der Waals surface area contributed by atoms with Crippen LogP contribution < -0.4 is 20.1 Å². The van der Waals surface area contributed by atoms with Crippen molar-refractivity contribution in [1.29, 1.82) is 0 Å². The summed E-state index contributed by atoms with van der Waals surface area (Å²) in [5, 5.41) is 0. The third kappa shape index (κ3) is 3.01. The summed E-state index contributed by atoms with van der Waals surface area (Å²) in [5.41, 5.74) is 8.00. The molecule has 0 spiro atoms. The molecule has 1 aliphatic rings. The van der Waals surface area contributed by atoms with Crippen molar-refractivity contribution in [1.82, 2.24) is 0 Å². The van der Waals surface area contributed by atoms with E-state index in [9.17, 15) is 0 Å². The van der Waals surface area contributed by atoms with Gasteiger partial charge in [0.2, 0.25) is 0 Å². The molecule has 112 valence electrons. The maximum Gasteiger partial charge on any atom is 0.142 e. The van der Waals surface area contributed by atoms with Crippen molar-refractivity contribution in [3.63, 3.8) is 0 Å². The normalized spacial score (nSPS) is 16.3. The number of nitrogens with two attached hydrogens (primary N) is 1. The zero-order valence-electron chi connectivity index (χ0n) is 12.8. The highest BCUT2D eigenvalue weighted by molar-refractivity contribution is 5.65. The molecule has 1 fully saturated rings. The van der Waals surface area contributed by atoms with E-state index in [-0.39, 0.29) is 0 Å². The van der Waals surface area contributed by atoms with Crippen molar-refractivity contribution in [2.24, 2.45) is 5.73 Å². The number of benzene rings is 1. The molecule has 1 unspecified atom stereocenters. The van der Waals surface area contributed by atoms with E-state index in [1.54, 1.807) is 14.2 Å². The van der Waals surface area contributed by atoms with Gasteiger partial charge in [-0.25, -0.2) is 0 Å². The first-order valence-electron chi connectivity index (χ1n) is 7.42. The van der Waals surface area contributed by atoms with Crippen molar-refractivity contribution >= 4 is 5.69 Å². The molecule has 1 atom stereocenters. The Hall–Kier alpha value is -1.42. The first kappa shape index (κ1) is 15.0. The standard InChI is InChI=1S/C16H26N2O2/c1-12(6-7-17)13-10-16(20-3)14(11-15(13)19-2)18-8-4-5-9-18/h10-12H,4-9,17H2,1-3H3. The Morgan fingerprint density at radius 1 is 1.15 bits per heavy atom. The van der Waals surface area contributed by atoms with Gasteiger partial charge in [-0.1, -0.05) is 6.92 Å². The molecular weight excluding hydrogens is 252 g/mol. The molecule has 0 radical (unpaired) electrons. The van der Waals surface area contributed by atoms with Crippen LogP contribution in [0.5, 0.6) is 11.5 Å². The summed E-state index contributed by atoms with van der Waals surface area (Å²) in [5.74, 6) is 2.25. The SMILES string of the molecule is COc1cc(N2CCCC2)c(OC)cc1C(C)CCN. The number of anilines is 1. The van der Waals surface area contributed by atoms with Gasteiger partial charge in [0.05, 0.1) is 19.9 Å². The van der Waals surface area contributed by atoms with Crippen LogP contribution in [0.4, 0.5) is 5.69 Å². The van der Waals surface area contributed by atoms with Gasteiger partial charge in [-0.2, -0.15) is 0 Å². The number of ether oxygens (including phenoxy) is 2. The zero-order chi connectivity index (χ0) is 14.5. The van der Waals surface area contributed by atoms with Gasteiger partial charge in [-0.15, -0.1) is 0 Å². The highest BCUT2D eigenvalue weighted by atomic mass is 16.5. The Kier molecular flexibility index (Phi) is 5.12. The minimum Gasteiger partial charge on any atom is -0.496 e. The summed E-state index contributed by atoms with van der Waals surface area (Å²) in [4.78, 5) is 2.37. The number of hydrogen-bond donors (Lipinski definition) is 1. The molecule has 1 aliphatic heterocycles. The fourth-order valence-corrected chi connectivity index (χ4v) is 2.90. The van der Waals surface area contributed by atoms with E-state index in [1.807, 2.05) is 0 Å². The molecule has 0 bridgehead atoms. The van der Waals surface area contributed by atoms with Gasteiger partial charge >= 0.3 is 0 Å². The van der Waals surface area contributed by atoms with Crippen molar-refractivity contribution < 1.29 is 9.47 Å². The maximum absolute atomic E-state index is 5.68. The van der Waals surface area contributed by atoms with Crippen molar-refractivity contribution in [2.75, 3.05) is 38.8 Å². The molecule has 1 heterocycles. The van der Waals surface area contributed by atoms with Gasteiger partial charge in [-0.05, 0) is 37.8 Å². The van der Waals surface area contributed by atoms with Gasteiger partial charge < -0.3 is 20.1 Å². The van der Waals surface area contributed by atoms with E-state index in [0.717, 1.165) is 36.7 Å². The van der Waals surface area contributed by atoms with Gasteiger partial charge in [0, 0.05) is 24.7 Å². The molecule has 0 aromatic heterocycles. The van der Waals surface area contributed by atoms with Crippen LogP contribution in [0.15, 0.2) is 12.1 Å². The van der Waals surface area contributed by atoms with Crippen LogP contribution in [0, 0.1) is 0 Å². The summed E-state index contributed by atoms with van der Waals surface area (Å²) in [6.45, 7) is 5.05. The van der Waals surface area contributed by atoms with Gasteiger partial charge in [0.15, 0.2) is 0 Å². The van der Waals surface area contributed by atoms with E-state index >= 15 is 0 Å². The summed E-state index contributed by atoms with van der Waals surface area (Å²) in [6, 6.07) is 4.24. The quantitative estimate of drug-likeness (QED) is 0.869. The first-order chi connectivity index (χ1) is 9.71. The lowest BCUT2D eigenvalue weighted by atomic mass is 9.96. The number of rotatable bonds is 6. The van der Waals surface area contributed by atoms with Gasteiger partial charge in [0.25, 0.3) is 0 Å². The first-order valence-corrected chi connectivity index (χ1v) is 7.42. The largest absolute Gasteiger partial charge is 0.496 e. The molecule has 1 aromatic rings. The smallest absolute Gasteiger partial charge is 0.142 e. The lowest BCUT2D eigenvalue weighted by molar-refractivity contribution is 0.395. The monoisotopic (exact) mass is 278 g/mol. The second kappa shape index (κ2) is 6.84. The Morgan fingerprint density at radius 3 is 2.35 bits per heavy atom. The predicted octanol–water partition coefficient (Wildman–Crippen LogP) is 2.76. The van der Waals surface area contributed by atoms with Crippen LogP contribution in [0.2, 0.25) is 0 Å². The summed E-state index contributed by atoms with van der Waals surface area (Å²) in [7, 11) is 3.47. The van der Waals surface area contributed by atoms with E-state index in [2.05, 4.69) is 24.0 Å². The number of nitrogens with zero attached hydrogens (tertiary/aromatic N) is 1. The Labute approximate surface area is 121 Å². The van der Waals surface area contributed by atoms with E-state index in [1.165, 1.54) is 18.4 Å². The fourth-order valence-electron chi connectivity index (χ4n) is 2.90. The molecule has 0 aliphatic carbocycles. The highest BCUT2D eigenvalue weighted by Crippen LogP contribution is 2.40. The average Bonchev–Trinajstić information content (AvgIpc) is 3.00. The third-order valence-electron chi connectivity index (χ3n) is 4.11. The molecule has 20 heavy (non-hydrogen) atoms. The number of hydrogen-bond acceptors (Lipinski definition) is 4. The van der Waals surface area contributed by atoms with E-state index in [0.29, 0.717) is 12.5 Å². The topological polar surface area (TPSA) is 47.7 Å². The lowest BCUT2D eigenvalue weighted by Crippen LogP contribution is -2.19. The molecular formula is C16H26N2O2. The molecule has 1 aromatic carbocycles. The second-order valence-electron chi connectivity index (χ2n) is 5.44. The van der Waals surface area contributed by atoms with Crippen molar-refractivity contribution in [3.8, 4) is 11.5 Å². The summed E-state index contributed by atoms with van der Waals surface area (Å²) in [6.07, 6.45) is 3.44. The molecule has 0 amide bonds. The van der Waals surface area contributed by atoms with E-state index < -0.39 is 0 Å². The van der Waals surface area contributed by atoms with Crippen LogP contribution in [0.3, 0.4) is 0 Å². The van der Waals surface area contributed by atoms with Gasteiger partial charge in [-0.3, -0.25) is 0 Å². The van der Waals surface area contributed by atoms with Crippen LogP contribution in [0.1, 0.15) is 37.7 Å². The Morgan fingerprint density at radius 2 is 1.80 bits per heavy atom. The van der Waals surface area contributed by atoms with Crippen LogP contribution in [0.25, 0.3) is 0 Å². The zero-order valence-corrected chi connectivity index (χ0v) is 12.8. The van der Waals surface area contributed by atoms with Gasteiger partial charge in [0.1, 0.15) is 11.5 Å². The second-order valence-corrected chi connectivity index (χ2v) is 5.44. The lowest BCUT2D eigenvalue weighted by Gasteiger charge is -2.24. The minimum atomic E-state index is 0.372. The van der Waals surface area contributed by atoms with Crippen molar-refractivity contribution in [2.45, 2.75) is 32.1 Å². The van der Waals surface area contributed by atoms with Crippen LogP contribution in [-0.2, 0) is 0 Å². The molecule has 2 rings (SSSR count). The minimum absolute atomic E-state index is 0.372. The summed E-state index contributed by atoms with van der Waals surface area (Å²) < 4.78 is 11.2. The van der Waals surface area contributed by atoms with Crippen LogP contribution in [-0.4, -0.2) is 33.9 Å². The van der Waals surface area contributed by atoms with Crippen LogP contribution >= 0.6 is 0 Å². The molecule has 2 N–H and O–H groups in total.